The zero-order chi connectivity index (χ0) is 16.0. The smallest absolute Gasteiger partial charge is 0.415 e. The Hall–Kier alpha value is -2.30. The number of nitrogens with zero attached hydrogens (tertiary/aromatic N) is 1. The Bertz CT molecular complexity index is 517. The maximum Gasteiger partial charge on any atom is 0.415 e. The highest BCUT2D eigenvalue weighted by molar-refractivity contribution is 5.81. The van der Waals surface area contributed by atoms with Gasteiger partial charge in [-0.3, -0.25) is 4.90 Å². The number of amides is 1. The second-order valence-electron chi connectivity index (χ2n) is 5.63. The van der Waals surface area contributed by atoms with Crippen molar-refractivity contribution in [1.82, 2.24) is 4.90 Å². The van der Waals surface area contributed by atoms with Crippen LogP contribution in [0, 0.1) is 0 Å². The Labute approximate surface area is 124 Å². The van der Waals surface area contributed by atoms with Crippen LogP contribution < -0.4 is 0 Å². The minimum absolute atomic E-state index is 0.686. The van der Waals surface area contributed by atoms with Crippen LogP contribution in [0.15, 0.2) is 36.5 Å². The molecule has 1 aromatic carbocycles. The molecule has 0 bridgehead atoms. The van der Waals surface area contributed by atoms with E-state index in [4.69, 9.17) is 9.84 Å². The number of carbonyl (C=O) groups excluding carboxylic acids is 1. The number of hydrogen-bond acceptors (Lipinski definition) is 3. The molecule has 0 fully saturated rings. The molecule has 5 heteroatoms. The zero-order valence-corrected chi connectivity index (χ0v) is 12.7. The molecule has 1 atom stereocenters. The van der Waals surface area contributed by atoms with Gasteiger partial charge in [0.25, 0.3) is 0 Å². The van der Waals surface area contributed by atoms with E-state index in [-0.39, 0.29) is 0 Å². The minimum atomic E-state index is -1.10. The molecule has 0 spiro atoms. The molecule has 0 aliphatic carbocycles. The minimum Gasteiger partial charge on any atom is -0.480 e. The first-order valence-corrected chi connectivity index (χ1v) is 6.68. The molecular formula is C16H21NO4. The molecule has 1 amide bonds. The summed E-state index contributed by atoms with van der Waals surface area (Å²) in [5.41, 5.74) is 0.178. The summed E-state index contributed by atoms with van der Waals surface area (Å²) in [7, 11) is 0. The van der Waals surface area contributed by atoms with E-state index in [0.29, 0.717) is 0 Å². The molecule has 1 rings (SSSR count). The van der Waals surface area contributed by atoms with Crippen LogP contribution in [-0.4, -0.2) is 33.7 Å². The molecule has 0 saturated carbocycles. The van der Waals surface area contributed by atoms with E-state index in [0.717, 1.165) is 10.5 Å². The second-order valence-corrected chi connectivity index (χ2v) is 5.63. The van der Waals surface area contributed by atoms with E-state index in [1.54, 1.807) is 26.8 Å². The average molecular weight is 291 g/mol. The van der Waals surface area contributed by atoms with Gasteiger partial charge >= 0.3 is 12.1 Å². The summed E-state index contributed by atoms with van der Waals surface area (Å²) in [5, 5.41) is 9.11. The third-order valence-corrected chi connectivity index (χ3v) is 2.61. The second kappa shape index (κ2) is 6.92. The number of benzene rings is 1. The van der Waals surface area contributed by atoms with Crippen LogP contribution in [-0.2, 0) is 9.53 Å². The fraction of sp³-hybridized carbons (Fsp3) is 0.375. The largest absolute Gasteiger partial charge is 0.480 e. The maximum absolute atomic E-state index is 12.1. The number of rotatable bonds is 4. The van der Waals surface area contributed by atoms with Crippen molar-refractivity contribution < 1.29 is 19.4 Å². The van der Waals surface area contributed by atoms with Gasteiger partial charge in [-0.05, 0) is 39.3 Å². The summed E-state index contributed by atoms with van der Waals surface area (Å²) in [4.78, 5) is 24.3. The highest BCUT2D eigenvalue weighted by Crippen LogP contribution is 2.14. The molecule has 0 unspecified atom stereocenters. The average Bonchev–Trinajstić information content (AvgIpc) is 2.37. The lowest BCUT2D eigenvalue weighted by Crippen LogP contribution is -2.42. The summed E-state index contributed by atoms with van der Waals surface area (Å²) < 4.78 is 5.23. The van der Waals surface area contributed by atoms with Crippen LogP contribution in [0.2, 0.25) is 0 Å². The Morgan fingerprint density at radius 2 is 1.81 bits per heavy atom. The van der Waals surface area contributed by atoms with Crippen LogP contribution in [0.25, 0.3) is 6.08 Å². The third-order valence-electron chi connectivity index (χ3n) is 2.61. The van der Waals surface area contributed by atoms with Crippen LogP contribution in [0.4, 0.5) is 4.79 Å². The third kappa shape index (κ3) is 5.69. The molecule has 0 aliphatic rings. The van der Waals surface area contributed by atoms with Crippen molar-refractivity contribution in [3.8, 4) is 0 Å². The fourth-order valence-corrected chi connectivity index (χ4v) is 1.51. The Morgan fingerprint density at radius 1 is 1.24 bits per heavy atom. The van der Waals surface area contributed by atoms with Crippen LogP contribution >= 0.6 is 0 Å². The summed E-state index contributed by atoms with van der Waals surface area (Å²) in [6.07, 6.45) is 2.41. The molecule has 21 heavy (non-hydrogen) atoms. The summed E-state index contributed by atoms with van der Waals surface area (Å²) >= 11 is 0. The van der Waals surface area contributed by atoms with Gasteiger partial charge in [0.1, 0.15) is 11.6 Å². The SMILES string of the molecule is C[C@H](C(=O)O)N(/C=C/c1ccccc1)C(=O)OC(C)(C)C. The molecule has 0 aliphatic heterocycles. The van der Waals surface area contributed by atoms with E-state index in [2.05, 4.69) is 0 Å². The number of ether oxygens (including phenoxy) is 1. The van der Waals surface area contributed by atoms with E-state index < -0.39 is 23.7 Å². The van der Waals surface area contributed by atoms with Gasteiger partial charge in [-0.1, -0.05) is 30.3 Å². The van der Waals surface area contributed by atoms with Gasteiger partial charge in [-0.15, -0.1) is 0 Å². The van der Waals surface area contributed by atoms with Gasteiger partial charge in [-0.25, -0.2) is 9.59 Å². The summed E-state index contributed by atoms with van der Waals surface area (Å²) in [6.45, 7) is 6.63. The lowest BCUT2D eigenvalue weighted by atomic mass is 10.2. The van der Waals surface area contributed by atoms with Crippen molar-refractivity contribution >= 4 is 18.1 Å². The molecule has 5 nitrogen and oxygen atoms in total. The lowest BCUT2D eigenvalue weighted by Gasteiger charge is -2.27. The van der Waals surface area contributed by atoms with Gasteiger partial charge < -0.3 is 9.84 Å². The van der Waals surface area contributed by atoms with Crippen LogP contribution in [0.5, 0.6) is 0 Å². The van der Waals surface area contributed by atoms with Gasteiger partial charge in [0, 0.05) is 6.20 Å². The highest BCUT2D eigenvalue weighted by atomic mass is 16.6. The molecule has 1 N–H and O–H groups in total. The summed E-state index contributed by atoms with van der Waals surface area (Å²) in [6, 6.07) is 8.29. The Kier molecular flexibility index (Phi) is 5.52. The summed E-state index contributed by atoms with van der Waals surface area (Å²) in [5.74, 6) is -1.10. The van der Waals surface area contributed by atoms with E-state index in [1.807, 2.05) is 30.3 Å². The number of hydrogen-bond donors (Lipinski definition) is 1. The highest BCUT2D eigenvalue weighted by Gasteiger charge is 2.28. The number of carboxylic acids is 1. The van der Waals surface area contributed by atoms with E-state index in [9.17, 15) is 9.59 Å². The Balaban J connectivity index is 2.95. The lowest BCUT2D eigenvalue weighted by molar-refractivity contribution is -0.141. The van der Waals surface area contributed by atoms with Crippen LogP contribution in [0.1, 0.15) is 33.3 Å². The molecule has 0 heterocycles. The first-order chi connectivity index (χ1) is 9.70. The van der Waals surface area contributed by atoms with Crippen molar-refractivity contribution in [1.29, 1.82) is 0 Å². The fourth-order valence-electron chi connectivity index (χ4n) is 1.51. The van der Waals surface area contributed by atoms with Gasteiger partial charge in [0.2, 0.25) is 0 Å². The molecular weight excluding hydrogens is 270 g/mol. The number of carbonyl (C=O) groups is 2. The standard InChI is InChI=1S/C16H21NO4/c1-12(14(18)19)17(15(20)21-16(2,3)4)11-10-13-8-6-5-7-9-13/h5-12H,1-4H3,(H,18,19)/b11-10+/t12-/m1/s1. The van der Waals surface area contributed by atoms with Crippen molar-refractivity contribution in [2.24, 2.45) is 0 Å². The molecule has 114 valence electrons. The van der Waals surface area contributed by atoms with E-state index >= 15 is 0 Å². The monoisotopic (exact) mass is 291 g/mol. The number of aliphatic carboxylic acids is 1. The number of carboxylic acid groups (broad SMARTS) is 1. The van der Waals surface area contributed by atoms with Crippen molar-refractivity contribution in [2.45, 2.75) is 39.3 Å². The zero-order valence-electron chi connectivity index (χ0n) is 12.7. The quantitative estimate of drug-likeness (QED) is 0.923. The van der Waals surface area contributed by atoms with E-state index in [1.165, 1.54) is 13.1 Å². The van der Waals surface area contributed by atoms with Crippen LogP contribution in [0.3, 0.4) is 0 Å². The Morgan fingerprint density at radius 3 is 2.29 bits per heavy atom. The molecule has 0 saturated heterocycles. The van der Waals surface area contributed by atoms with Gasteiger partial charge in [0.15, 0.2) is 0 Å². The first kappa shape index (κ1) is 16.8. The van der Waals surface area contributed by atoms with Crippen molar-refractivity contribution in [2.75, 3.05) is 0 Å². The van der Waals surface area contributed by atoms with Crippen molar-refractivity contribution in [3.63, 3.8) is 0 Å². The molecule has 0 radical (unpaired) electrons. The molecule has 0 aromatic heterocycles. The molecule has 1 aromatic rings. The topological polar surface area (TPSA) is 66.8 Å². The first-order valence-electron chi connectivity index (χ1n) is 6.68. The normalized spacial score (nSPS) is 13.0. The van der Waals surface area contributed by atoms with Gasteiger partial charge in [-0.2, -0.15) is 0 Å². The maximum atomic E-state index is 12.1. The van der Waals surface area contributed by atoms with Gasteiger partial charge in [0.05, 0.1) is 0 Å². The van der Waals surface area contributed by atoms with Crippen molar-refractivity contribution in [3.05, 3.63) is 42.1 Å². The predicted octanol–water partition coefficient (Wildman–Crippen LogP) is 3.37. The predicted molar refractivity (Wildman–Crippen MR) is 80.6 cm³/mol.